The monoisotopic (exact) mass is 899 g/mol. The molecular weight excluding hydrogens is 847 g/mol. The molecule has 1 aliphatic heterocycles. The minimum Gasteiger partial charge on any atom is -0.457 e. The summed E-state index contributed by atoms with van der Waals surface area (Å²) in [5.41, 5.74) is 23.1. The summed E-state index contributed by atoms with van der Waals surface area (Å²) < 4.78 is 6.94. The molecule has 2 nitrogen and oxygen atoms in total. The van der Waals surface area contributed by atoms with E-state index in [1.807, 2.05) is 0 Å². The SMILES string of the molecule is CC1(C)c2ccccc2-c2ccc(N(c3ccc(-c4ccc5c(c4)C4(c6ccccc6O5)c5ccccc5C(C)(C)c5c4ccc4ccccc54)cc3)c3ccc4c(c3)C(C)(C)c3ccccc3-4)cc21. The molecule has 0 radical (unpaired) electrons. The van der Waals surface area contributed by atoms with E-state index in [0.29, 0.717) is 0 Å². The van der Waals surface area contributed by atoms with Gasteiger partial charge in [-0.05, 0) is 143 Å². The van der Waals surface area contributed by atoms with Crippen molar-refractivity contribution in [3.63, 3.8) is 0 Å². The van der Waals surface area contributed by atoms with Gasteiger partial charge in [-0.1, -0.05) is 199 Å². The summed E-state index contributed by atoms with van der Waals surface area (Å²) in [7, 11) is 0. The van der Waals surface area contributed by atoms with Crippen LogP contribution >= 0.6 is 0 Å². The number of fused-ring (bicyclic) bond motifs is 16. The van der Waals surface area contributed by atoms with E-state index in [2.05, 4.69) is 259 Å². The average Bonchev–Trinajstić information content (AvgIpc) is 3.76. The molecule has 0 saturated heterocycles. The molecule has 14 rings (SSSR count). The highest BCUT2D eigenvalue weighted by Crippen LogP contribution is 2.63. The molecule has 336 valence electrons. The molecular formula is C68H53NO. The number of rotatable bonds is 4. The lowest BCUT2D eigenvalue weighted by Gasteiger charge is -2.50. The van der Waals surface area contributed by atoms with Crippen molar-refractivity contribution in [1.29, 1.82) is 0 Å². The van der Waals surface area contributed by atoms with Crippen LogP contribution < -0.4 is 9.64 Å². The first kappa shape index (κ1) is 41.1. The van der Waals surface area contributed by atoms with Gasteiger partial charge in [-0.3, -0.25) is 0 Å². The Bertz CT molecular complexity index is 3740. The van der Waals surface area contributed by atoms with Crippen LogP contribution in [0.2, 0.25) is 0 Å². The number of para-hydroxylation sites is 1. The summed E-state index contributed by atoms with van der Waals surface area (Å²) in [5, 5.41) is 2.56. The molecule has 3 aliphatic carbocycles. The van der Waals surface area contributed by atoms with Crippen molar-refractivity contribution in [3.05, 3.63) is 268 Å². The first-order valence-electron chi connectivity index (χ1n) is 24.9. The Morgan fingerprint density at radius 2 is 0.814 bits per heavy atom. The largest absolute Gasteiger partial charge is 0.457 e. The van der Waals surface area contributed by atoms with E-state index in [-0.39, 0.29) is 16.2 Å². The summed E-state index contributed by atoms with van der Waals surface area (Å²) in [6.07, 6.45) is 0. The van der Waals surface area contributed by atoms with Gasteiger partial charge in [-0.15, -0.1) is 0 Å². The van der Waals surface area contributed by atoms with Crippen LogP contribution in [-0.4, -0.2) is 0 Å². The van der Waals surface area contributed by atoms with Gasteiger partial charge in [0.15, 0.2) is 0 Å². The van der Waals surface area contributed by atoms with Crippen LogP contribution in [0.25, 0.3) is 44.2 Å². The minimum atomic E-state index is -0.621. The van der Waals surface area contributed by atoms with Gasteiger partial charge in [0.2, 0.25) is 0 Å². The molecule has 0 bridgehead atoms. The Labute approximate surface area is 411 Å². The van der Waals surface area contributed by atoms with Crippen LogP contribution in [-0.2, 0) is 21.7 Å². The second-order valence-corrected chi connectivity index (χ2v) is 21.6. The Morgan fingerprint density at radius 1 is 0.314 bits per heavy atom. The molecule has 1 atom stereocenters. The number of nitrogens with zero attached hydrogens (tertiary/aromatic N) is 1. The number of benzene rings is 10. The van der Waals surface area contributed by atoms with E-state index in [0.717, 1.165) is 45.3 Å². The molecule has 0 saturated carbocycles. The van der Waals surface area contributed by atoms with Crippen molar-refractivity contribution >= 4 is 27.8 Å². The molecule has 0 aromatic heterocycles. The predicted octanol–water partition coefficient (Wildman–Crippen LogP) is 17.7. The lowest BCUT2D eigenvalue weighted by Crippen LogP contribution is -2.43. The smallest absolute Gasteiger partial charge is 0.132 e. The Hall–Kier alpha value is -7.94. The minimum absolute atomic E-state index is 0.130. The molecule has 10 aromatic carbocycles. The standard InChI is InChI=1S/C68H53NO/c1-65(2)53-21-11-9-19-49(53)51-35-33-46(40-59(51)65)69(47-34-36-52-50-20-10-12-22-54(50)66(3,4)60(52)41-47)45-31-27-42(28-32-45)44-30-38-63-61(39-44)68(57-25-15-16-26-62(57)70-63)56-24-14-13-23-55(56)67(5,6)64-48-18-8-7-17-43(48)29-37-58(64)68/h7-41H,1-6H3. The maximum absolute atomic E-state index is 6.94. The van der Waals surface area contributed by atoms with Crippen molar-refractivity contribution in [2.75, 3.05) is 4.90 Å². The first-order chi connectivity index (χ1) is 34.0. The zero-order chi connectivity index (χ0) is 47.3. The van der Waals surface area contributed by atoms with E-state index >= 15 is 0 Å². The van der Waals surface area contributed by atoms with Gasteiger partial charge in [-0.2, -0.15) is 0 Å². The fourth-order valence-electron chi connectivity index (χ4n) is 13.6. The highest BCUT2D eigenvalue weighted by atomic mass is 16.5. The zero-order valence-corrected chi connectivity index (χ0v) is 40.6. The number of anilines is 3. The van der Waals surface area contributed by atoms with E-state index < -0.39 is 5.41 Å². The third kappa shape index (κ3) is 5.39. The molecule has 4 aliphatic rings. The quantitative estimate of drug-likeness (QED) is 0.174. The Kier molecular flexibility index (Phi) is 8.40. The molecule has 1 spiro atoms. The van der Waals surface area contributed by atoms with Gasteiger partial charge in [0.25, 0.3) is 0 Å². The summed E-state index contributed by atoms with van der Waals surface area (Å²) in [5.74, 6) is 1.79. The van der Waals surface area contributed by atoms with Crippen LogP contribution in [0.5, 0.6) is 11.5 Å². The Balaban J connectivity index is 0.941. The summed E-state index contributed by atoms with van der Waals surface area (Å²) in [4.78, 5) is 2.47. The van der Waals surface area contributed by atoms with Crippen LogP contribution in [0.3, 0.4) is 0 Å². The van der Waals surface area contributed by atoms with E-state index in [9.17, 15) is 0 Å². The molecule has 1 heterocycles. The van der Waals surface area contributed by atoms with Crippen molar-refractivity contribution in [1.82, 2.24) is 0 Å². The molecule has 10 aromatic rings. The lowest BCUT2D eigenvalue weighted by molar-refractivity contribution is 0.426. The second kappa shape index (κ2) is 14.3. The van der Waals surface area contributed by atoms with E-state index in [1.54, 1.807) is 0 Å². The topological polar surface area (TPSA) is 12.5 Å². The number of hydrogen-bond donors (Lipinski definition) is 0. The second-order valence-electron chi connectivity index (χ2n) is 21.6. The van der Waals surface area contributed by atoms with Crippen molar-refractivity contribution in [2.45, 2.75) is 63.2 Å². The van der Waals surface area contributed by atoms with Crippen molar-refractivity contribution in [3.8, 4) is 44.9 Å². The number of ether oxygens (including phenoxy) is 1. The normalized spacial score (nSPS) is 17.5. The van der Waals surface area contributed by atoms with Crippen molar-refractivity contribution in [2.24, 2.45) is 0 Å². The fraction of sp³-hybridized carbons (Fsp3) is 0.147. The Morgan fingerprint density at radius 3 is 1.47 bits per heavy atom. The molecule has 0 N–H and O–H groups in total. The average molecular weight is 900 g/mol. The van der Waals surface area contributed by atoms with Crippen LogP contribution in [0.4, 0.5) is 17.1 Å². The maximum atomic E-state index is 6.94. The van der Waals surface area contributed by atoms with Gasteiger partial charge in [0.1, 0.15) is 11.5 Å². The molecule has 70 heavy (non-hydrogen) atoms. The van der Waals surface area contributed by atoms with Gasteiger partial charge in [0, 0.05) is 44.4 Å². The van der Waals surface area contributed by atoms with Crippen LogP contribution in [0.1, 0.15) is 97.2 Å². The first-order valence-corrected chi connectivity index (χ1v) is 24.9. The number of hydrogen-bond acceptors (Lipinski definition) is 2. The van der Waals surface area contributed by atoms with Gasteiger partial charge in [-0.25, -0.2) is 0 Å². The maximum Gasteiger partial charge on any atom is 0.132 e. The summed E-state index contributed by atoms with van der Waals surface area (Å²) in [6.45, 7) is 14.3. The summed E-state index contributed by atoms with van der Waals surface area (Å²) in [6, 6.07) is 79.7. The summed E-state index contributed by atoms with van der Waals surface area (Å²) >= 11 is 0. The highest BCUT2D eigenvalue weighted by Gasteiger charge is 2.53. The van der Waals surface area contributed by atoms with Crippen LogP contribution in [0, 0.1) is 0 Å². The highest BCUT2D eigenvalue weighted by molar-refractivity contribution is 5.93. The van der Waals surface area contributed by atoms with Gasteiger partial charge in [0.05, 0.1) is 5.41 Å². The zero-order valence-electron chi connectivity index (χ0n) is 40.6. The molecule has 0 fully saturated rings. The molecule has 0 amide bonds. The third-order valence-electron chi connectivity index (χ3n) is 17.0. The van der Waals surface area contributed by atoms with E-state index in [1.165, 1.54) is 83.1 Å². The lowest BCUT2D eigenvalue weighted by atomic mass is 9.53. The third-order valence-corrected chi connectivity index (χ3v) is 17.0. The van der Waals surface area contributed by atoms with Gasteiger partial charge >= 0.3 is 0 Å². The van der Waals surface area contributed by atoms with Crippen molar-refractivity contribution < 1.29 is 4.74 Å². The predicted molar refractivity (Wildman–Crippen MR) is 290 cm³/mol. The molecule has 1 unspecified atom stereocenters. The fourth-order valence-corrected chi connectivity index (χ4v) is 13.6. The van der Waals surface area contributed by atoms with E-state index in [4.69, 9.17) is 4.74 Å². The van der Waals surface area contributed by atoms with Crippen LogP contribution in [0.15, 0.2) is 212 Å². The molecule has 2 heteroatoms. The van der Waals surface area contributed by atoms with Gasteiger partial charge < -0.3 is 9.64 Å².